The molecule has 0 bridgehead atoms. The molecule has 3 aromatic heterocycles. The van der Waals surface area contributed by atoms with Crippen LogP contribution in [0.25, 0.3) is 21.8 Å². The predicted octanol–water partition coefficient (Wildman–Crippen LogP) is 1.22. The number of aliphatic hydroxyl groups excluding tert-OH is 3. The van der Waals surface area contributed by atoms with Crippen LogP contribution in [0.2, 0.25) is 0 Å². The number of aromatic amines is 1. The molecule has 0 saturated carbocycles. The van der Waals surface area contributed by atoms with Crippen LogP contribution in [0, 0.1) is 6.92 Å². The van der Waals surface area contributed by atoms with Gasteiger partial charge in [0.1, 0.15) is 48.2 Å². The summed E-state index contributed by atoms with van der Waals surface area (Å²) < 4.78 is 21.4. The highest BCUT2D eigenvalue weighted by Gasteiger charge is 2.46. The number of para-hydroxylation sites is 1. The molecule has 0 spiro atoms. The van der Waals surface area contributed by atoms with Crippen molar-refractivity contribution in [2.24, 2.45) is 0 Å². The van der Waals surface area contributed by atoms with Gasteiger partial charge in [0, 0.05) is 29.3 Å². The summed E-state index contributed by atoms with van der Waals surface area (Å²) in [5, 5.41) is 32.4. The number of benzene rings is 1. The molecule has 0 unspecified atom stereocenters. The number of aromatic nitrogens is 2. The van der Waals surface area contributed by atoms with Gasteiger partial charge in [0.2, 0.25) is 17.5 Å². The Bertz CT molecular complexity index is 1590. The number of H-pyrrole nitrogens is 1. The fourth-order valence-electron chi connectivity index (χ4n) is 4.35. The van der Waals surface area contributed by atoms with E-state index < -0.39 is 48.7 Å². The zero-order valence-electron chi connectivity index (χ0n) is 20.3. The van der Waals surface area contributed by atoms with Crippen molar-refractivity contribution in [1.82, 2.24) is 9.97 Å². The van der Waals surface area contributed by atoms with Crippen LogP contribution in [0.1, 0.15) is 33.7 Å². The van der Waals surface area contributed by atoms with E-state index in [2.05, 4.69) is 9.97 Å². The Hall–Kier alpha value is -4.10. The van der Waals surface area contributed by atoms with Gasteiger partial charge in [-0.15, -0.1) is 0 Å². The normalized spacial score (nSPS) is 23.4. The standard InChI is InChI=1S/C26H24N2O10/c1-11(29)19-20-14(13-5-3-4-6-15(13)27-20)9-16(28-19)25(34)36-10-18-21(31)22(32)23(33)26(37-18)38-24-12(2)35-8-7-17(24)30/h3-9,18,21-23,26-27,31-33H,10H2,1-2H3/t18-,21-,22+,23-,26+/m1/s1. The molecule has 1 aromatic carbocycles. The Balaban J connectivity index is 1.37. The van der Waals surface area contributed by atoms with Crippen molar-refractivity contribution in [1.29, 1.82) is 0 Å². The van der Waals surface area contributed by atoms with Gasteiger partial charge in [0.25, 0.3) is 0 Å². The average molecular weight is 524 g/mol. The van der Waals surface area contributed by atoms with Crippen LogP contribution in [0.15, 0.2) is 51.9 Å². The highest BCUT2D eigenvalue weighted by atomic mass is 16.7. The number of hydrogen-bond acceptors (Lipinski definition) is 11. The first-order valence-corrected chi connectivity index (χ1v) is 11.7. The summed E-state index contributed by atoms with van der Waals surface area (Å²) in [6.45, 7) is 2.23. The number of ketones is 1. The van der Waals surface area contributed by atoms with Crippen LogP contribution in [0.3, 0.4) is 0 Å². The topological polar surface area (TPSA) is 181 Å². The number of aryl methyl sites for hydroxylation is 1. The zero-order chi connectivity index (χ0) is 27.1. The van der Waals surface area contributed by atoms with Gasteiger partial charge in [-0.2, -0.15) is 0 Å². The number of carbonyl (C=O) groups is 2. The van der Waals surface area contributed by atoms with Gasteiger partial charge >= 0.3 is 5.97 Å². The van der Waals surface area contributed by atoms with Crippen molar-refractivity contribution in [3.63, 3.8) is 0 Å². The molecule has 12 heteroatoms. The van der Waals surface area contributed by atoms with Gasteiger partial charge in [-0.25, -0.2) is 9.78 Å². The Morgan fingerprint density at radius 3 is 2.58 bits per heavy atom. The summed E-state index contributed by atoms with van der Waals surface area (Å²) in [6.07, 6.45) is -6.85. The number of hydrogen-bond donors (Lipinski definition) is 4. The number of carbonyl (C=O) groups excluding carboxylic acids is 2. The lowest BCUT2D eigenvalue weighted by atomic mass is 9.99. The van der Waals surface area contributed by atoms with E-state index in [0.717, 1.165) is 17.0 Å². The smallest absolute Gasteiger partial charge is 0.357 e. The first kappa shape index (κ1) is 25.5. The summed E-state index contributed by atoms with van der Waals surface area (Å²) >= 11 is 0. The number of aliphatic hydroxyl groups is 3. The third kappa shape index (κ3) is 4.54. The number of ether oxygens (including phenoxy) is 3. The van der Waals surface area contributed by atoms with E-state index in [-0.39, 0.29) is 28.7 Å². The van der Waals surface area contributed by atoms with Crippen LogP contribution in [-0.4, -0.2) is 74.4 Å². The SMILES string of the molecule is CC(=O)c1nc(C(=O)OC[C@H]2O[C@@H](Oc3c(C)occc3=O)[C@H](O)[C@@H](O)[C@@H]2O)cc2c1[nH]c1ccccc12. The minimum absolute atomic E-state index is 0.0590. The Kier molecular flexibility index (Phi) is 6.71. The molecule has 1 saturated heterocycles. The summed E-state index contributed by atoms with van der Waals surface area (Å²) in [6, 6.07) is 9.91. The van der Waals surface area contributed by atoms with Crippen LogP contribution < -0.4 is 10.2 Å². The predicted molar refractivity (Wildman–Crippen MR) is 131 cm³/mol. The third-order valence-electron chi connectivity index (χ3n) is 6.33. The van der Waals surface area contributed by atoms with E-state index in [1.54, 1.807) is 0 Å². The number of pyridine rings is 1. The monoisotopic (exact) mass is 524 g/mol. The highest BCUT2D eigenvalue weighted by molar-refractivity contribution is 6.15. The quantitative estimate of drug-likeness (QED) is 0.210. The Morgan fingerprint density at radius 1 is 1.08 bits per heavy atom. The second-order valence-electron chi connectivity index (χ2n) is 8.91. The number of Topliss-reactive ketones (excluding diaryl/α,β-unsaturated/α-hetero) is 1. The lowest BCUT2D eigenvalue weighted by molar-refractivity contribution is -0.277. The molecule has 12 nitrogen and oxygen atoms in total. The maximum absolute atomic E-state index is 12.9. The molecular weight excluding hydrogens is 500 g/mol. The van der Waals surface area contributed by atoms with Crippen molar-refractivity contribution in [2.45, 2.75) is 44.6 Å². The molecule has 4 N–H and O–H groups in total. The first-order valence-electron chi connectivity index (χ1n) is 11.7. The molecule has 5 atom stereocenters. The van der Waals surface area contributed by atoms with Gasteiger partial charge in [0.05, 0.1) is 11.8 Å². The van der Waals surface area contributed by atoms with Gasteiger partial charge in [-0.1, -0.05) is 18.2 Å². The van der Waals surface area contributed by atoms with Crippen LogP contribution in [0.4, 0.5) is 0 Å². The van der Waals surface area contributed by atoms with E-state index in [1.165, 1.54) is 26.2 Å². The van der Waals surface area contributed by atoms with Gasteiger partial charge in [0.15, 0.2) is 5.78 Å². The Labute approximate surface area is 214 Å². The number of rotatable bonds is 6. The van der Waals surface area contributed by atoms with Crippen molar-refractivity contribution in [2.75, 3.05) is 6.61 Å². The fraction of sp³-hybridized carbons (Fsp3) is 0.308. The van der Waals surface area contributed by atoms with Gasteiger partial charge in [-0.05, 0) is 19.1 Å². The fourth-order valence-corrected chi connectivity index (χ4v) is 4.35. The molecule has 0 aliphatic carbocycles. The second kappa shape index (κ2) is 9.99. The number of esters is 1. The summed E-state index contributed by atoms with van der Waals surface area (Å²) in [5.41, 5.74) is 0.608. The van der Waals surface area contributed by atoms with Crippen LogP contribution >= 0.6 is 0 Å². The summed E-state index contributed by atoms with van der Waals surface area (Å²) in [7, 11) is 0. The first-order chi connectivity index (χ1) is 18.2. The van der Waals surface area contributed by atoms with Crippen molar-refractivity contribution >= 4 is 33.6 Å². The average Bonchev–Trinajstić information content (AvgIpc) is 3.28. The third-order valence-corrected chi connectivity index (χ3v) is 6.33. The number of nitrogens with zero attached hydrogens (tertiary/aromatic N) is 1. The molecule has 0 amide bonds. The molecule has 38 heavy (non-hydrogen) atoms. The van der Waals surface area contributed by atoms with E-state index >= 15 is 0 Å². The maximum Gasteiger partial charge on any atom is 0.357 e. The van der Waals surface area contributed by atoms with Gasteiger partial charge in [-0.3, -0.25) is 9.59 Å². The number of nitrogens with one attached hydrogen (secondary N) is 1. The van der Waals surface area contributed by atoms with E-state index in [0.29, 0.717) is 10.9 Å². The molecule has 4 aromatic rings. The largest absolute Gasteiger partial charge is 0.465 e. The van der Waals surface area contributed by atoms with Crippen LogP contribution in [0.5, 0.6) is 5.75 Å². The van der Waals surface area contributed by atoms with E-state index in [1.807, 2.05) is 24.3 Å². The maximum atomic E-state index is 12.9. The lowest BCUT2D eigenvalue weighted by Crippen LogP contribution is -2.60. The molecule has 198 valence electrons. The lowest BCUT2D eigenvalue weighted by Gasteiger charge is -2.39. The van der Waals surface area contributed by atoms with Crippen molar-refractivity contribution in [3.8, 4) is 5.75 Å². The molecule has 1 aliphatic heterocycles. The van der Waals surface area contributed by atoms with Crippen molar-refractivity contribution in [3.05, 3.63) is 70.0 Å². The Morgan fingerprint density at radius 2 is 1.84 bits per heavy atom. The van der Waals surface area contributed by atoms with Crippen molar-refractivity contribution < 1.29 is 43.5 Å². The molecule has 1 fully saturated rings. The molecule has 4 heterocycles. The van der Waals surface area contributed by atoms with Gasteiger partial charge < -0.3 is 38.9 Å². The minimum atomic E-state index is -1.74. The van der Waals surface area contributed by atoms with Crippen LogP contribution in [-0.2, 0) is 9.47 Å². The highest BCUT2D eigenvalue weighted by Crippen LogP contribution is 2.29. The van der Waals surface area contributed by atoms with E-state index in [9.17, 15) is 29.7 Å². The molecule has 1 aliphatic rings. The molecule has 0 radical (unpaired) electrons. The summed E-state index contributed by atoms with van der Waals surface area (Å²) in [4.78, 5) is 44.7. The molecular formula is C26H24N2O10. The van der Waals surface area contributed by atoms with E-state index in [4.69, 9.17) is 18.6 Å². The molecule has 5 rings (SSSR count). The zero-order valence-corrected chi connectivity index (χ0v) is 20.3. The minimum Gasteiger partial charge on any atom is -0.465 e. The second-order valence-corrected chi connectivity index (χ2v) is 8.91. The number of fused-ring (bicyclic) bond motifs is 3. The summed E-state index contributed by atoms with van der Waals surface area (Å²) in [5.74, 6) is -1.41.